The Kier molecular flexibility index (Phi) is 9.84. The number of carbonyl (C=O) groups excluding carboxylic acids is 1. The van der Waals surface area contributed by atoms with Gasteiger partial charge in [-0.3, -0.25) is 0 Å². The summed E-state index contributed by atoms with van der Waals surface area (Å²) in [5.74, 6) is -0.626. The Balaban J connectivity index is 1.37. The number of ether oxygens (including phenoxy) is 4. The highest BCUT2D eigenvalue weighted by Gasteiger charge is 2.51. The summed E-state index contributed by atoms with van der Waals surface area (Å²) in [5, 5.41) is 0. The van der Waals surface area contributed by atoms with Crippen LogP contribution in [0, 0.1) is 4.64 Å². The quantitative estimate of drug-likeness (QED) is 0.218. The molecular weight excluding hydrogens is 526 g/mol. The normalized spacial score (nSPS) is 20.3. The molecule has 0 spiro atoms. The van der Waals surface area contributed by atoms with Crippen molar-refractivity contribution in [1.29, 1.82) is 0 Å². The third-order valence-electron chi connectivity index (χ3n) is 6.48. The van der Waals surface area contributed by atoms with Crippen LogP contribution in [0.2, 0.25) is 0 Å². The lowest BCUT2D eigenvalue weighted by atomic mass is 10.1. The predicted molar refractivity (Wildman–Crippen MR) is 152 cm³/mol. The molecule has 0 unspecified atom stereocenters. The van der Waals surface area contributed by atoms with Gasteiger partial charge in [0.15, 0.2) is 6.10 Å². The lowest BCUT2D eigenvalue weighted by Crippen LogP contribution is -2.43. The molecule has 1 aliphatic heterocycles. The fraction of sp³-hybridized carbons (Fsp3) is 0.250. The van der Waals surface area contributed by atoms with Gasteiger partial charge in [-0.15, -0.1) is 0 Å². The monoisotopic (exact) mass is 557 g/mol. The Morgan fingerprint density at radius 2 is 1.23 bits per heavy atom. The van der Waals surface area contributed by atoms with Crippen molar-refractivity contribution in [1.82, 2.24) is 4.73 Å². The molecular formula is C32H31NO6S. The molecule has 0 saturated carbocycles. The van der Waals surface area contributed by atoms with Gasteiger partial charge in [0.2, 0.25) is 0 Å². The van der Waals surface area contributed by atoms with Crippen molar-refractivity contribution in [2.45, 2.75) is 44.2 Å². The van der Waals surface area contributed by atoms with E-state index in [1.165, 1.54) is 4.73 Å². The number of rotatable bonds is 12. The van der Waals surface area contributed by atoms with E-state index in [1.54, 1.807) is 24.4 Å². The maximum absolute atomic E-state index is 13.5. The molecule has 1 aliphatic rings. The largest absolute Gasteiger partial charge is 0.374 e. The van der Waals surface area contributed by atoms with Gasteiger partial charge in [0, 0.05) is 6.20 Å². The number of aromatic nitrogens is 1. The summed E-state index contributed by atoms with van der Waals surface area (Å²) in [7, 11) is 0. The van der Waals surface area contributed by atoms with E-state index in [4.69, 9.17) is 36.0 Å². The molecule has 1 aromatic heterocycles. The van der Waals surface area contributed by atoms with Gasteiger partial charge in [-0.25, -0.2) is 4.79 Å². The minimum atomic E-state index is -1.06. The minimum Gasteiger partial charge on any atom is -0.374 e. The van der Waals surface area contributed by atoms with Gasteiger partial charge in [0.1, 0.15) is 23.0 Å². The van der Waals surface area contributed by atoms with Crippen molar-refractivity contribution in [3.8, 4) is 0 Å². The van der Waals surface area contributed by atoms with E-state index in [2.05, 4.69) is 0 Å². The summed E-state index contributed by atoms with van der Waals surface area (Å²) in [4.78, 5) is 19.1. The number of carbonyl (C=O) groups is 1. The maximum Gasteiger partial charge on any atom is 0.364 e. The van der Waals surface area contributed by atoms with E-state index in [0.717, 1.165) is 16.7 Å². The van der Waals surface area contributed by atoms with E-state index in [-0.39, 0.29) is 13.2 Å². The van der Waals surface area contributed by atoms with Gasteiger partial charge in [0.25, 0.3) is 0 Å². The van der Waals surface area contributed by atoms with Crippen LogP contribution in [0.3, 0.4) is 0 Å². The number of nitrogens with zero attached hydrogens (tertiary/aromatic N) is 1. The lowest BCUT2D eigenvalue weighted by molar-refractivity contribution is -0.164. The summed E-state index contributed by atoms with van der Waals surface area (Å²) in [5.41, 5.74) is 2.99. The first-order valence-electron chi connectivity index (χ1n) is 13.2. The van der Waals surface area contributed by atoms with Gasteiger partial charge in [-0.1, -0.05) is 109 Å². The Labute approximate surface area is 238 Å². The molecule has 0 bridgehead atoms. The highest BCUT2D eigenvalue weighted by Crippen LogP contribution is 2.30. The molecule has 0 radical (unpaired) electrons. The third-order valence-corrected chi connectivity index (χ3v) is 6.80. The van der Waals surface area contributed by atoms with Gasteiger partial charge in [-0.2, -0.15) is 4.73 Å². The average molecular weight is 558 g/mol. The molecule has 1 saturated heterocycles. The Morgan fingerprint density at radius 1 is 0.700 bits per heavy atom. The third kappa shape index (κ3) is 7.50. The molecule has 4 aromatic rings. The molecule has 0 aliphatic carbocycles. The maximum atomic E-state index is 13.5. The molecule has 40 heavy (non-hydrogen) atoms. The van der Waals surface area contributed by atoms with Gasteiger partial charge in [0.05, 0.1) is 26.4 Å². The van der Waals surface area contributed by atoms with Crippen molar-refractivity contribution in [2.24, 2.45) is 0 Å². The topological polar surface area (TPSA) is 68.2 Å². The van der Waals surface area contributed by atoms with Crippen LogP contribution < -0.4 is 4.84 Å². The Bertz CT molecular complexity index is 1400. The molecule has 4 atom stereocenters. The molecule has 206 valence electrons. The second-order valence-electron chi connectivity index (χ2n) is 9.39. The van der Waals surface area contributed by atoms with Crippen LogP contribution in [0.25, 0.3) is 0 Å². The average Bonchev–Trinajstić information content (AvgIpc) is 3.35. The van der Waals surface area contributed by atoms with Gasteiger partial charge in [-0.05, 0) is 28.8 Å². The van der Waals surface area contributed by atoms with Crippen LogP contribution in [-0.4, -0.2) is 41.7 Å². The number of hydrogen-bond acceptors (Lipinski definition) is 7. The predicted octanol–water partition coefficient (Wildman–Crippen LogP) is 5.33. The minimum absolute atomic E-state index is 0.202. The van der Waals surface area contributed by atoms with E-state index < -0.39 is 30.4 Å². The SMILES string of the molecule is O=C(On1ccccc1=S)[C@H]1O[C@H](COCc2ccccc2)[C@@H](OCc2ccccc2)[C@H]1OCc1ccccc1. The van der Waals surface area contributed by atoms with Crippen LogP contribution >= 0.6 is 12.2 Å². The molecule has 8 heteroatoms. The highest BCUT2D eigenvalue weighted by molar-refractivity contribution is 7.71. The van der Waals surface area contributed by atoms with E-state index in [1.807, 2.05) is 91.0 Å². The summed E-state index contributed by atoms with van der Waals surface area (Å²) in [6.07, 6.45) is -1.40. The first-order valence-corrected chi connectivity index (χ1v) is 13.6. The molecule has 7 nitrogen and oxygen atoms in total. The zero-order valence-electron chi connectivity index (χ0n) is 21.9. The first kappa shape index (κ1) is 27.9. The summed E-state index contributed by atoms with van der Waals surface area (Å²) < 4.78 is 26.6. The zero-order chi connectivity index (χ0) is 27.6. The van der Waals surface area contributed by atoms with Crippen molar-refractivity contribution in [2.75, 3.05) is 6.61 Å². The van der Waals surface area contributed by atoms with Crippen molar-refractivity contribution >= 4 is 18.2 Å². The molecule has 3 aromatic carbocycles. The van der Waals surface area contributed by atoms with E-state index in [0.29, 0.717) is 17.9 Å². The first-order chi connectivity index (χ1) is 19.7. The second-order valence-corrected chi connectivity index (χ2v) is 9.81. The molecule has 0 amide bonds. The zero-order valence-corrected chi connectivity index (χ0v) is 22.7. The van der Waals surface area contributed by atoms with Gasteiger partial charge >= 0.3 is 5.97 Å². The summed E-state index contributed by atoms with van der Waals surface area (Å²) >= 11 is 5.30. The number of benzene rings is 3. The van der Waals surface area contributed by atoms with Crippen molar-refractivity contribution in [3.05, 3.63) is 137 Å². The van der Waals surface area contributed by atoms with Crippen LogP contribution in [0.15, 0.2) is 115 Å². The van der Waals surface area contributed by atoms with Crippen LogP contribution in [-0.2, 0) is 43.6 Å². The Hall–Kier alpha value is -3.66. The molecule has 1 fully saturated rings. The van der Waals surface area contributed by atoms with E-state index in [9.17, 15) is 4.79 Å². The van der Waals surface area contributed by atoms with Crippen LogP contribution in [0.5, 0.6) is 0 Å². The molecule has 2 heterocycles. The van der Waals surface area contributed by atoms with Gasteiger partial charge < -0.3 is 23.8 Å². The summed E-state index contributed by atoms with van der Waals surface area (Å²) in [6, 6.07) is 34.6. The Morgan fingerprint density at radius 3 is 1.80 bits per heavy atom. The van der Waals surface area contributed by atoms with Crippen molar-refractivity contribution in [3.63, 3.8) is 0 Å². The second kappa shape index (κ2) is 14.1. The fourth-order valence-corrected chi connectivity index (χ4v) is 4.65. The van der Waals surface area contributed by atoms with Crippen molar-refractivity contribution < 1.29 is 28.6 Å². The van der Waals surface area contributed by atoms with Crippen LogP contribution in [0.1, 0.15) is 16.7 Å². The lowest BCUT2D eigenvalue weighted by Gasteiger charge is -2.25. The number of hydrogen-bond donors (Lipinski definition) is 0. The summed E-state index contributed by atoms with van der Waals surface area (Å²) in [6.45, 7) is 1.19. The smallest absolute Gasteiger partial charge is 0.364 e. The van der Waals surface area contributed by atoms with Crippen LogP contribution in [0.4, 0.5) is 0 Å². The molecule has 0 N–H and O–H groups in total. The molecule has 5 rings (SSSR count). The standard InChI is InChI=1S/C32H31NO6S/c34-32(39-33-19-11-10-18-28(33)40)31-30(37-22-26-16-8-3-9-17-26)29(36-21-25-14-6-2-7-15-25)27(38-31)23-35-20-24-12-4-1-5-13-24/h1-19,27,29-31H,20-23H2/t27-,29-,30-,31+/m1/s1. The number of pyridine rings is 1. The fourth-order valence-electron chi connectivity index (χ4n) is 4.47. The van der Waals surface area contributed by atoms with E-state index >= 15 is 0 Å². The highest BCUT2D eigenvalue weighted by atomic mass is 32.1.